The van der Waals surface area contributed by atoms with Gasteiger partial charge in [-0.1, -0.05) is 42.5 Å². The largest absolute Gasteiger partial charge is 0.497 e. The molecule has 7 heteroatoms. The predicted molar refractivity (Wildman–Crippen MR) is 133 cm³/mol. The van der Waals surface area contributed by atoms with Gasteiger partial charge in [-0.25, -0.2) is 4.79 Å². The number of nitrogens with one attached hydrogen (secondary N) is 1. The molecule has 0 aromatic heterocycles. The minimum Gasteiger partial charge on any atom is -0.497 e. The summed E-state index contributed by atoms with van der Waals surface area (Å²) in [5, 5.41) is 5.61. The topological polar surface area (TPSA) is 63.3 Å². The number of morpholine rings is 1. The highest BCUT2D eigenvalue weighted by Crippen LogP contribution is 2.31. The second kappa shape index (κ2) is 9.81. The zero-order valence-corrected chi connectivity index (χ0v) is 19.7. The fraction of sp³-hybridized carbons (Fsp3) is 0.370. The van der Waals surface area contributed by atoms with Gasteiger partial charge >= 0.3 is 6.03 Å². The first-order valence-electron chi connectivity index (χ1n) is 11.8. The molecule has 2 unspecified atom stereocenters. The Balaban J connectivity index is 1.23. The third-order valence-corrected chi connectivity index (χ3v) is 6.74. The number of ether oxygens (including phenoxy) is 3. The Morgan fingerprint density at radius 3 is 2.53 bits per heavy atom. The molecule has 5 rings (SSSR count). The fourth-order valence-corrected chi connectivity index (χ4v) is 4.91. The average Bonchev–Trinajstić information content (AvgIpc) is 3.36. The summed E-state index contributed by atoms with van der Waals surface area (Å²) in [6.45, 7) is 3.28. The van der Waals surface area contributed by atoms with Crippen molar-refractivity contribution in [2.45, 2.75) is 18.6 Å². The van der Waals surface area contributed by atoms with E-state index in [9.17, 15) is 4.79 Å². The molecule has 2 aliphatic rings. The summed E-state index contributed by atoms with van der Waals surface area (Å²) in [6, 6.07) is 20.5. The highest BCUT2D eigenvalue weighted by atomic mass is 16.5. The molecule has 3 aromatic rings. The van der Waals surface area contributed by atoms with Crippen molar-refractivity contribution in [2.75, 3.05) is 51.9 Å². The van der Waals surface area contributed by atoms with Crippen LogP contribution in [0.1, 0.15) is 18.1 Å². The molecule has 178 valence electrons. The van der Waals surface area contributed by atoms with Gasteiger partial charge in [0.05, 0.1) is 27.4 Å². The van der Waals surface area contributed by atoms with Gasteiger partial charge < -0.3 is 29.3 Å². The van der Waals surface area contributed by atoms with E-state index >= 15 is 0 Å². The van der Waals surface area contributed by atoms with Crippen LogP contribution in [-0.4, -0.2) is 64.0 Å². The maximum absolute atomic E-state index is 13.1. The van der Waals surface area contributed by atoms with Crippen molar-refractivity contribution >= 4 is 22.5 Å². The molecule has 0 radical (unpaired) electrons. The molecular weight excluding hydrogens is 430 g/mol. The zero-order chi connectivity index (χ0) is 23.5. The second-order valence-corrected chi connectivity index (χ2v) is 8.83. The molecule has 3 aromatic carbocycles. The van der Waals surface area contributed by atoms with Crippen molar-refractivity contribution in [1.82, 2.24) is 10.2 Å². The lowest BCUT2D eigenvalue weighted by Crippen LogP contribution is -2.50. The normalized spacial score (nSPS) is 20.4. The predicted octanol–water partition coefficient (Wildman–Crippen LogP) is 4.22. The van der Waals surface area contributed by atoms with E-state index in [1.807, 2.05) is 35.2 Å². The number of methoxy groups -OCH3 is 2. The van der Waals surface area contributed by atoms with Crippen LogP contribution in [-0.2, 0) is 4.74 Å². The smallest absolute Gasteiger partial charge is 0.317 e. The number of hydrogen-bond acceptors (Lipinski definition) is 5. The van der Waals surface area contributed by atoms with E-state index in [2.05, 4.69) is 40.5 Å². The molecule has 0 spiro atoms. The van der Waals surface area contributed by atoms with E-state index in [-0.39, 0.29) is 18.2 Å². The lowest BCUT2D eigenvalue weighted by atomic mass is 9.99. The molecule has 0 saturated carbocycles. The number of nitrogens with zero attached hydrogens (tertiary/aromatic N) is 2. The van der Waals surface area contributed by atoms with Gasteiger partial charge in [-0.2, -0.15) is 0 Å². The molecule has 2 amide bonds. The van der Waals surface area contributed by atoms with E-state index in [1.54, 1.807) is 14.2 Å². The van der Waals surface area contributed by atoms with Crippen molar-refractivity contribution in [2.24, 2.45) is 0 Å². The molecule has 2 saturated heterocycles. The van der Waals surface area contributed by atoms with Crippen LogP contribution in [0.2, 0.25) is 0 Å². The molecule has 2 atom stereocenters. The van der Waals surface area contributed by atoms with E-state index in [4.69, 9.17) is 14.2 Å². The van der Waals surface area contributed by atoms with Crippen LogP contribution in [0.15, 0.2) is 60.7 Å². The van der Waals surface area contributed by atoms with Gasteiger partial charge in [-0.15, -0.1) is 0 Å². The van der Waals surface area contributed by atoms with Crippen LogP contribution in [0.25, 0.3) is 10.8 Å². The summed E-state index contributed by atoms with van der Waals surface area (Å²) >= 11 is 0. The number of benzene rings is 3. The number of carbonyl (C=O) groups excluding carboxylic acids is 1. The van der Waals surface area contributed by atoms with Crippen LogP contribution in [0.4, 0.5) is 10.5 Å². The maximum Gasteiger partial charge on any atom is 0.317 e. The van der Waals surface area contributed by atoms with Crippen LogP contribution in [0, 0.1) is 0 Å². The fourth-order valence-electron chi connectivity index (χ4n) is 4.91. The van der Waals surface area contributed by atoms with Gasteiger partial charge in [0.15, 0.2) is 0 Å². The summed E-state index contributed by atoms with van der Waals surface area (Å²) in [4.78, 5) is 17.3. The van der Waals surface area contributed by atoms with Gasteiger partial charge in [0.2, 0.25) is 0 Å². The Labute approximate surface area is 200 Å². The number of hydrogen-bond donors (Lipinski definition) is 1. The summed E-state index contributed by atoms with van der Waals surface area (Å²) < 4.78 is 16.9. The first-order valence-corrected chi connectivity index (χ1v) is 11.8. The minimum atomic E-state index is -0.130. The highest BCUT2D eigenvalue weighted by Gasteiger charge is 2.30. The summed E-state index contributed by atoms with van der Waals surface area (Å²) in [6.07, 6.45) is 0.762. The number of rotatable bonds is 5. The Kier molecular flexibility index (Phi) is 6.45. The zero-order valence-electron chi connectivity index (χ0n) is 19.7. The van der Waals surface area contributed by atoms with E-state index in [0.29, 0.717) is 19.7 Å². The number of amides is 2. The third kappa shape index (κ3) is 4.61. The lowest BCUT2D eigenvalue weighted by molar-refractivity contribution is -0.0149. The molecule has 0 aliphatic carbocycles. The third-order valence-electron chi connectivity index (χ3n) is 6.74. The molecule has 2 aliphatic heterocycles. The molecule has 1 N–H and O–H groups in total. The standard InChI is InChI=1S/C27H31N3O4/c1-32-22-14-21(15-23(16-22)33-2)29-11-10-20(17-29)28-27(31)30-12-13-34-26(18-30)25-9-5-7-19-6-3-4-8-24(19)25/h3-9,14-16,20,26H,10-13,17-18H2,1-2H3,(H,28,31). The maximum atomic E-state index is 13.1. The summed E-state index contributed by atoms with van der Waals surface area (Å²) in [5.74, 6) is 1.52. The average molecular weight is 462 g/mol. The van der Waals surface area contributed by atoms with Crippen LogP contribution >= 0.6 is 0 Å². The number of carbonyl (C=O) groups is 1. The van der Waals surface area contributed by atoms with Crippen molar-refractivity contribution in [3.05, 3.63) is 66.2 Å². The Hall–Kier alpha value is -3.45. The van der Waals surface area contributed by atoms with Crippen molar-refractivity contribution < 1.29 is 19.0 Å². The molecule has 2 fully saturated rings. The lowest BCUT2D eigenvalue weighted by Gasteiger charge is -2.34. The molecule has 2 heterocycles. The Morgan fingerprint density at radius 2 is 1.74 bits per heavy atom. The highest BCUT2D eigenvalue weighted by molar-refractivity contribution is 5.86. The van der Waals surface area contributed by atoms with Gasteiger partial charge in [0.1, 0.15) is 17.6 Å². The number of urea groups is 1. The minimum absolute atomic E-state index is 0.0244. The van der Waals surface area contributed by atoms with E-state index < -0.39 is 0 Å². The van der Waals surface area contributed by atoms with Gasteiger partial charge in [0.25, 0.3) is 0 Å². The molecular formula is C27H31N3O4. The summed E-state index contributed by atoms with van der Waals surface area (Å²) in [5.41, 5.74) is 2.17. The van der Waals surface area contributed by atoms with E-state index in [0.717, 1.165) is 42.3 Å². The SMILES string of the molecule is COc1cc(OC)cc(N2CCC(NC(=O)N3CCOC(c4cccc5ccccc45)C3)C2)c1. The quantitative estimate of drug-likeness (QED) is 0.617. The monoisotopic (exact) mass is 461 g/mol. The second-order valence-electron chi connectivity index (χ2n) is 8.83. The van der Waals surface area contributed by atoms with Gasteiger partial charge in [-0.3, -0.25) is 0 Å². The van der Waals surface area contributed by atoms with Crippen molar-refractivity contribution in [3.8, 4) is 11.5 Å². The van der Waals surface area contributed by atoms with Crippen LogP contribution < -0.4 is 19.7 Å². The summed E-state index contributed by atoms with van der Waals surface area (Å²) in [7, 11) is 3.30. The van der Waals surface area contributed by atoms with Crippen molar-refractivity contribution in [1.29, 1.82) is 0 Å². The Bertz CT molecular complexity index is 1140. The Morgan fingerprint density at radius 1 is 0.971 bits per heavy atom. The van der Waals surface area contributed by atoms with Crippen LogP contribution in [0.5, 0.6) is 11.5 Å². The number of fused-ring (bicyclic) bond motifs is 1. The van der Waals surface area contributed by atoms with Gasteiger partial charge in [-0.05, 0) is 22.8 Å². The molecule has 0 bridgehead atoms. The van der Waals surface area contributed by atoms with Crippen LogP contribution in [0.3, 0.4) is 0 Å². The molecule has 34 heavy (non-hydrogen) atoms. The van der Waals surface area contributed by atoms with Gasteiger partial charge in [0, 0.05) is 49.6 Å². The van der Waals surface area contributed by atoms with Crippen molar-refractivity contribution in [3.63, 3.8) is 0 Å². The van der Waals surface area contributed by atoms with E-state index in [1.165, 1.54) is 10.8 Å². The number of anilines is 1. The first-order chi connectivity index (χ1) is 16.6. The first kappa shape index (κ1) is 22.3. The molecule has 7 nitrogen and oxygen atoms in total.